The molecule has 0 radical (unpaired) electrons. The van der Waals surface area contributed by atoms with Crippen LogP contribution in [-0.4, -0.2) is 11.7 Å². The quantitative estimate of drug-likeness (QED) is 0.738. The number of benzene rings is 1. The first-order valence-corrected chi connectivity index (χ1v) is 5.76. The molecule has 1 aliphatic rings. The minimum atomic E-state index is 0.0474. The molecule has 0 saturated carbocycles. The third-order valence-corrected chi connectivity index (χ3v) is 3.70. The minimum Gasteiger partial charge on any atom is -0.325 e. The highest BCUT2D eigenvalue weighted by atomic mass is 35.5. The standard InChI is InChI=1S/C10H10ClNOS/c1-6-5-14-9-3-2-7(11)4-8(9)12-10(6)13/h2-4,6H,5H2,1H3,(H,12,13)/t6-/m1/s1. The van der Waals surface area contributed by atoms with Crippen LogP contribution in [0.4, 0.5) is 5.69 Å². The lowest BCUT2D eigenvalue weighted by molar-refractivity contribution is -0.118. The first kappa shape index (κ1) is 9.87. The molecule has 0 aliphatic carbocycles. The molecule has 0 bridgehead atoms. The van der Waals surface area contributed by atoms with E-state index in [0.717, 1.165) is 16.3 Å². The van der Waals surface area contributed by atoms with Gasteiger partial charge in [0.1, 0.15) is 0 Å². The highest BCUT2D eigenvalue weighted by Gasteiger charge is 2.19. The van der Waals surface area contributed by atoms with E-state index >= 15 is 0 Å². The topological polar surface area (TPSA) is 29.1 Å². The van der Waals surface area contributed by atoms with Crippen molar-refractivity contribution in [2.24, 2.45) is 5.92 Å². The van der Waals surface area contributed by atoms with Crippen molar-refractivity contribution in [3.05, 3.63) is 23.2 Å². The van der Waals surface area contributed by atoms with Crippen molar-refractivity contribution in [2.75, 3.05) is 11.1 Å². The van der Waals surface area contributed by atoms with Crippen molar-refractivity contribution >= 4 is 35.0 Å². The lowest BCUT2D eigenvalue weighted by atomic mass is 10.2. The van der Waals surface area contributed by atoms with Gasteiger partial charge in [0.2, 0.25) is 5.91 Å². The molecule has 1 aliphatic heterocycles. The van der Waals surface area contributed by atoms with Gasteiger partial charge in [-0.25, -0.2) is 0 Å². The Morgan fingerprint density at radius 2 is 2.36 bits per heavy atom. The predicted octanol–water partition coefficient (Wildman–Crippen LogP) is 3.02. The molecule has 4 heteroatoms. The van der Waals surface area contributed by atoms with Gasteiger partial charge in [-0.1, -0.05) is 18.5 Å². The van der Waals surface area contributed by atoms with Gasteiger partial charge in [0.05, 0.1) is 5.69 Å². The molecule has 2 rings (SSSR count). The number of thioether (sulfide) groups is 1. The number of hydrogen-bond donors (Lipinski definition) is 1. The van der Waals surface area contributed by atoms with Gasteiger partial charge in [-0.15, -0.1) is 11.8 Å². The second kappa shape index (κ2) is 3.83. The first-order valence-electron chi connectivity index (χ1n) is 4.40. The van der Waals surface area contributed by atoms with E-state index in [4.69, 9.17) is 11.6 Å². The summed E-state index contributed by atoms with van der Waals surface area (Å²) in [6.45, 7) is 1.93. The Balaban J connectivity index is 2.38. The van der Waals surface area contributed by atoms with E-state index in [-0.39, 0.29) is 11.8 Å². The summed E-state index contributed by atoms with van der Waals surface area (Å²) in [4.78, 5) is 12.6. The largest absolute Gasteiger partial charge is 0.325 e. The first-order chi connectivity index (χ1) is 6.66. The summed E-state index contributed by atoms with van der Waals surface area (Å²) >= 11 is 7.54. The smallest absolute Gasteiger partial charge is 0.228 e. The van der Waals surface area contributed by atoms with Gasteiger partial charge < -0.3 is 5.32 Å². The molecule has 1 aromatic carbocycles. The predicted molar refractivity (Wildman–Crippen MR) is 60.0 cm³/mol. The second-order valence-electron chi connectivity index (χ2n) is 3.34. The number of carbonyl (C=O) groups is 1. The zero-order valence-electron chi connectivity index (χ0n) is 7.71. The van der Waals surface area contributed by atoms with Crippen LogP contribution in [0.5, 0.6) is 0 Å². The van der Waals surface area contributed by atoms with Crippen LogP contribution in [0, 0.1) is 5.92 Å². The molecule has 74 valence electrons. The maximum absolute atomic E-state index is 11.5. The van der Waals surface area contributed by atoms with Crippen molar-refractivity contribution in [2.45, 2.75) is 11.8 Å². The Hall–Kier alpha value is -0.670. The molecule has 1 heterocycles. The molecule has 0 fully saturated rings. The highest BCUT2D eigenvalue weighted by Crippen LogP contribution is 2.34. The van der Waals surface area contributed by atoms with Crippen molar-refractivity contribution in [1.82, 2.24) is 0 Å². The van der Waals surface area contributed by atoms with Crippen LogP contribution in [-0.2, 0) is 4.79 Å². The Morgan fingerprint density at radius 3 is 3.14 bits per heavy atom. The number of carbonyl (C=O) groups excluding carboxylic acids is 1. The number of nitrogens with one attached hydrogen (secondary N) is 1. The molecule has 0 spiro atoms. The summed E-state index contributed by atoms with van der Waals surface area (Å²) in [5, 5.41) is 3.52. The van der Waals surface area contributed by atoms with Gasteiger partial charge in [0.25, 0.3) is 0 Å². The van der Waals surface area contributed by atoms with Crippen LogP contribution >= 0.6 is 23.4 Å². The minimum absolute atomic E-state index is 0.0474. The molecular formula is C10H10ClNOS. The van der Waals surface area contributed by atoms with Crippen LogP contribution in [0.25, 0.3) is 0 Å². The van der Waals surface area contributed by atoms with Gasteiger partial charge in [0.15, 0.2) is 0 Å². The van der Waals surface area contributed by atoms with Crippen LogP contribution in [0.15, 0.2) is 23.1 Å². The van der Waals surface area contributed by atoms with Gasteiger partial charge in [-0.2, -0.15) is 0 Å². The van der Waals surface area contributed by atoms with E-state index in [9.17, 15) is 4.79 Å². The van der Waals surface area contributed by atoms with Crippen molar-refractivity contribution in [1.29, 1.82) is 0 Å². The Kier molecular flexibility index (Phi) is 2.70. The van der Waals surface area contributed by atoms with E-state index < -0.39 is 0 Å². The van der Waals surface area contributed by atoms with E-state index in [1.807, 2.05) is 19.1 Å². The van der Waals surface area contributed by atoms with E-state index in [1.54, 1.807) is 17.8 Å². The van der Waals surface area contributed by atoms with Crippen LogP contribution < -0.4 is 5.32 Å². The number of anilines is 1. The molecule has 1 atom stereocenters. The maximum atomic E-state index is 11.5. The SMILES string of the molecule is C[C@@H]1CSc2ccc(Cl)cc2NC1=O. The fourth-order valence-electron chi connectivity index (χ4n) is 1.27. The Morgan fingerprint density at radius 1 is 1.57 bits per heavy atom. The van der Waals surface area contributed by atoms with Gasteiger partial charge in [0, 0.05) is 21.6 Å². The average molecular weight is 228 g/mol. The fraction of sp³-hybridized carbons (Fsp3) is 0.300. The summed E-state index contributed by atoms with van der Waals surface area (Å²) < 4.78 is 0. The van der Waals surface area contributed by atoms with Crippen molar-refractivity contribution < 1.29 is 4.79 Å². The van der Waals surface area contributed by atoms with E-state index in [1.165, 1.54) is 0 Å². The summed E-state index contributed by atoms with van der Waals surface area (Å²) in [6.07, 6.45) is 0. The van der Waals surface area contributed by atoms with Crippen LogP contribution in [0.2, 0.25) is 5.02 Å². The number of fused-ring (bicyclic) bond motifs is 1. The number of halogens is 1. The number of amides is 1. The second-order valence-corrected chi connectivity index (χ2v) is 4.84. The molecule has 14 heavy (non-hydrogen) atoms. The van der Waals surface area contributed by atoms with E-state index in [2.05, 4.69) is 5.32 Å². The van der Waals surface area contributed by atoms with E-state index in [0.29, 0.717) is 5.02 Å². The molecule has 1 aromatic rings. The lowest BCUT2D eigenvalue weighted by Crippen LogP contribution is -2.20. The van der Waals surface area contributed by atoms with Gasteiger partial charge in [-0.05, 0) is 18.2 Å². The number of hydrogen-bond acceptors (Lipinski definition) is 2. The highest BCUT2D eigenvalue weighted by molar-refractivity contribution is 7.99. The van der Waals surface area contributed by atoms with Crippen molar-refractivity contribution in [3.63, 3.8) is 0 Å². The zero-order chi connectivity index (χ0) is 10.1. The Labute approximate surface area is 92.0 Å². The van der Waals surface area contributed by atoms with Crippen LogP contribution in [0.3, 0.4) is 0 Å². The molecular weight excluding hydrogens is 218 g/mol. The average Bonchev–Trinajstić information content (AvgIpc) is 2.27. The molecule has 2 nitrogen and oxygen atoms in total. The molecule has 0 unspecified atom stereocenters. The molecule has 0 aromatic heterocycles. The third kappa shape index (κ3) is 1.88. The summed E-state index contributed by atoms with van der Waals surface area (Å²) in [5.74, 6) is 0.935. The maximum Gasteiger partial charge on any atom is 0.228 e. The van der Waals surface area contributed by atoms with Crippen LogP contribution in [0.1, 0.15) is 6.92 Å². The third-order valence-electron chi connectivity index (χ3n) is 2.14. The zero-order valence-corrected chi connectivity index (χ0v) is 9.28. The normalized spacial score (nSPS) is 21.0. The van der Waals surface area contributed by atoms with Gasteiger partial charge >= 0.3 is 0 Å². The Bertz CT molecular complexity index is 380. The monoisotopic (exact) mass is 227 g/mol. The molecule has 0 saturated heterocycles. The molecule has 1 amide bonds. The fourth-order valence-corrected chi connectivity index (χ4v) is 2.45. The van der Waals surface area contributed by atoms with Gasteiger partial charge in [-0.3, -0.25) is 4.79 Å². The van der Waals surface area contributed by atoms with Crippen molar-refractivity contribution in [3.8, 4) is 0 Å². The summed E-state index contributed by atoms with van der Waals surface area (Å²) in [5.41, 5.74) is 0.830. The number of rotatable bonds is 0. The summed E-state index contributed by atoms with van der Waals surface area (Å²) in [7, 11) is 0. The summed E-state index contributed by atoms with van der Waals surface area (Å²) in [6, 6.07) is 5.58. The lowest BCUT2D eigenvalue weighted by Gasteiger charge is -2.06. The molecule has 1 N–H and O–H groups in total.